The molecule has 2 N–H and O–H groups in total. The summed E-state index contributed by atoms with van der Waals surface area (Å²) in [7, 11) is -2.07. The molecule has 23 heavy (non-hydrogen) atoms. The highest BCUT2D eigenvalue weighted by molar-refractivity contribution is 7.89. The van der Waals surface area contributed by atoms with E-state index in [1.807, 2.05) is 0 Å². The Kier molecular flexibility index (Phi) is 6.71. The molecule has 1 aromatic carbocycles. The third kappa shape index (κ3) is 5.33. The maximum Gasteiger partial charge on any atom is 0.303 e. The van der Waals surface area contributed by atoms with Gasteiger partial charge in [0.2, 0.25) is 10.0 Å². The van der Waals surface area contributed by atoms with Crippen LogP contribution in [-0.4, -0.2) is 49.3 Å². The number of nitrogens with one attached hydrogen (secondary N) is 1. The number of carbonyl (C=O) groups excluding carboxylic acids is 1. The first-order chi connectivity index (χ1) is 10.7. The number of rotatable bonds is 8. The van der Waals surface area contributed by atoms with Crippen LogP contribution in [0.5, 0.6) is 0 Å². The number of hydrogen-bond donors (Lipinski definition) is 2. The van der Waals surface area contributed by atoms with Gasteiger partial charge in [-0.3, -0.25) is 9.59 Å². The number of aliphatic carboxylic acids is 1. The van der Waals surface area contributed by atoms with Crippen molar-refractivity contribution in [1.82, 2.24) is 9.62 Å². The number of sulfonamides is 1. The van der Waals surface area contributed by atoms with Gasteiger partial charge in [-0.05, 0) is 44.5 Å². The standard InChI is InChI=1S/C15H22N2O5S/c1-11(2)17(3)23(21,22)13-8-6-12(7-9-13)15(20)16-10-4-5-14(18)19/h6-9,11H,4-5,10H2,1-3H3,(H,16,20)(H,18,19). The zero-order valence-electron chi connectivity index (χ0n) is 13.4. The predicted molar refractivity (Wildman–Crippen MR) is 85.7 cm³/mol. The van der Waals surface area contributed by atoms with E-state index in [1.54, 1.807) is 13.8 Å². The van der Waals surface area contributed by atoms with Crippen molar-refractivity contribution < 1.29 is 23.1 Å². The fourth-order valence-electron chi connectivity index (χ4n) is 1.77. The highest BCUT2D eigenvalue weighted by atomic mass is 32.2. The average molecular weight is 342 g/mol. The molecule has 0 saturated heterocycles. The Morgan fingerprint density at radius 3 is 2.26 bits per heavy atom. The van der Waals surface area contributed by atoms with Gasteiger partial charge >= 0.3 is 5.97 Å². The highest BCUT2D eigenvalue weighted by Crippen LogP contribution is 2.17. The topological polar surface area (TPSA) is 104 Å². The molecule has 0 fully saturated rings. The Bertz CT molecular complexity index is 653. The molecule has 0 unspecified atom stereocenters. The lowest BCUT2D eigenvalue weighted by Gasteiger charge is -2.21. The van der Waals surface area contributed by atoms with Crippen LogP contribution in [0.4, 0.5) is 0 Å². The molecule has 0 aliphatic rings. The second-order valence-corrected chi connectivity index (χ2v) is 7.39. The van der Waals surface area contributed by atoms with Crippen molar-refractivity contribution in [3.8, 4) is 0 Å². The van der Waals surface area contributed by atoms with Gasteiger partial charge in [0, 0.05) is 31.6 Å². The molecule has 0 bridgehead atoms. The van der Waals surface area contributed by atoms with Crippen LogP contribution in [0.15, 0.2) is 29.2 Å². The van der Waals surface area contributed by atoms with Crippen LogP contribution < -0.4 is 5.32 Å². The minimum Gasteiger partial charge on any atom is -0.481 e. The van der Waals surface area contributed by atoms with Gasteiger partial charge < -0.3 is 10.4 Å². The van der Waals surface area contributed by atoms with Crippen LogP contribution in [0, 0.1) is 0 Å². The lowest BCUT2D eigenvalue weighted by atomic mass is 10.2. The molecule has 0 aliphatic heterocycles. The monoisotopic (exact) mass is 342 g/mol. The first-order valence-electron chi connectivity index (χ1n) is 7.24. The summed E-state index contributed by atoms with van der Waals surface area (Å²) in [5.41, 5.74) is 0.325. The van der Waals surface area contributed by atoms with Gasteiger partial charge in [0.15, 0.2) is 0 Å². The molecule has 7 nitrogen and oxygen atoms in total. The van der Waals surface area contributed by atoms with Crippen LogP contribution in [0.2, 0.25) is 0 Å². The van der Waals surface area contributed by atoms with Gasteiger partial charge in [-0.15, -0.1) is 0 Å². The number of carboxylic acids is 1. The normalized spacial score (nSPS) is 11.7. The zero-order chi connectivity index (χ0) is 17.6. The lowest BCUT2D eigenvalue weighted by molar-refractivity contribution is -0.137. The number of hydrogen-bond acceptors (Lipinski definition) is 4. The fourth-order valence-corrected chi connectivity index (χ4v) is 3.13. The van der Waals surface area contributed by atoms with Gasteiger partial charge in [0.05, 0.1) is 4.90 Å². The molecular weight excluding hydrogens is 320 g/mol. The zero-order valence-corrected chi connectivity index (χ0v) is 14.3. The summed E-state index contributed by atoms with van der Waals surface area (Å²) >= 11 is 0. The Morgan fingerprint density at radius 1 is 1.22 bits per heavy atom. The second-order valence-electron chi connectivity index (χ2n) is 5.39. The van der Waals surface area contributed by atoms with Crippen LogP contribution in [-0.2, 0) is 14.8 Å². The Balaban J connectivity index is 2.73. The first-order valence-corrected chi connectivity index (χ1v) is 8.68. The molecule has 0 radical (unpaired) electrons. The van der Waals surface area contributed by atoms with Gasteiger partial charge in [-0.2, -0.15) is 4.31 Å². The van der Waals surface area contributed by atoms with Crippen molar-refractivity contribution in [2.75, 3.05) is 13.6 Å². The maximum absolute atomic E-state index is 12.3. The molecule has 0 aliphatic carbocycles. The van der Waals surface area contributed by atoms with Crippen LogP contribution in [0.1, 0.15) is 37.0 Å². The van der Waals surface area contributed by atoms with E-state index in [0.29, 0.717) is 12.0 Å². The van der Waals surface area contributed by atoms with E-state index in [4.69, 9.17) is 5.11 Å². The molecule has 1 amide bonds. The van der Waals surface area contributed by atoms with Gasteiger partial charge in [0.25, 0.3) is 5.91 Å². The molecular formula is C15H22N2O5S. The highest BCUT2D eigenvalue weighted by Gasteiger charge is 2.23. The van der Waals surface area contributed by atoms with Crippen molar-refractivity contribution in [3.63, 3.8) is 0 Å². The molecule has 0 atom stereocenters. The van der Waals surface area contributed by atoms with E-state index < -0.39 is 16.0 Å². The van der Waals surface area contributed by atoms with E-state index in [-0.39, 0.29) is 29.8 Å². The third-order valence-electron chi connectivity index (χ3n) is 3.37. The third-order valence-corrected chi connectivity index (χ3v) is 5.42. The molecule has 8 heteroatoms. The van der Waals surface area contributed by atoms with Gasteiger partial charge in [0.1, 0.15) is 0 Å². The summed E-state index contributed by atoms with van der Waals surface area (Å²) in [6.45, 7) is 3.80. The van der Waals surface area contributed by atoms with Crippen LogP contribution >= 0.6 is 0 Å². The molecule has 1 aromatic rings. The Labute approximate surface area is 136 Å². The summed E-state index contributed by atoms with van der Waals surface area (Å²) < 4.78 is 25.9. The van der Waals surface area contributed by atoms with Gasteiger partial charge in [-0.1, -0.05) is 0 Å². The van der Waals surface area contributed by atoms with E-state index in [2.05, 4.69) is 5.32 Å². The predicted octanol–water partition coefficient (Wildman–Crippen LogP) is 1.31. The van der Waals surface area contributed by atoms with Crippen molar-refractivity contribution >= 4 is 21.9 Å². The molecule has 1 rings (SSSR count). The van der Waals surface area contributed by atoms with E-state index in [1.165, 1.54) is 35.6 Å². The maximum atomic E-state index is 12.3. The second kappa shape index (κ2) is 8.07. The number of carbonyl (C=O) groups is 2. The number of nitrogens with zero attached hydrogens (tertiary/aromatic N) is 1. The molecule has 0 saturated carbocycles. The summed E-state index contributed by atoms with van der Waals surface area (Å²) in [5.74, 6) is -1.28. The average Bonchev–Trinajstić information content (AvgIpc) is 2.50. The lowest BCUT2D eigenvalue weighted by Crippen LogP contribution is -2.33. The number of amides is 1. The van der Waals surface area contributed by atoms with Crippen molar-refractivity contribution in [1.29, 1.82) is 0 Å². The smallest absolute Gasteiger partial charge is 0.303 e. The number of carboxylic acid groups (broad SMARTS) is 1. The van der Waals surface area contributed by atoms with Gasteiger partial charge in [-0.25, -0.2) is 8.42 Å². The van der Waals surface area contributed by atoms with Crippen molar-refractivity contribution in [2.45, 2.75) is 37.6 Å². The SMILES string of the molecule is CC(C)N(C)S(=O)(=O)c1ccc(C(=O)NCCCC(=O)O)cc1. The molecule has 128 valence electrons. The van der Waals surface area contributed by atoms with Crippen molar-refractivity contribution in [2.24, 2.45) is 0 Å². The van der Waals surface area contributed by atoms with E-state index in [9.17, 15) is 18.0 Å². The first kappa shape index (κ1) is 19.1. The minimum absolute atomic E-state index is 0.0149. The van der Waals surface area contributed by atoms with E-state index >= 15 is 0 Å². The fraction of sp³-hybridized carbons (Fsp3) is 0.467. The summed E-state index contributed by atoms with van der Waals surface area (Å²) in [6, 6.07) is 5.49. The number of benzene rings is 1. The molecule has 0 heterocycles. The van der Waals surface area contributed by atoms with E-state index in [0.717, 1.165) is 0 Å². The van der Waals surface area contributed by atoms with Crippen LogP contribution in [0.25, 0.3) is 0 Å². The quantitative estimate of drug-likeness (QED) is 0.693. The summed E-state index contributed by atoms with van der Waals surface area (Å²) in [4.78, 5) is 22.4. The van der Waals surface area contributed by atoms with Crippen molar-refractivity contribution in [3.05, 3.63) is 29.8 Å². The Hall–Kier alpha value is -1.93. The van der Waals surface area contributed by atoms with Crippen LogP contribution in [0.3, 0.4) is 0 Å². The molecule has 0 aromatic heterocycles. The minimum atomic E-state index is -3.57. The summed E-state index contributed by atoms with van der Waals surface area (Å²) in [5, 5.41) is 11.1. The molecule has 0 spiro atoms. The largest absolute Gasteiger partial charge is 0.481 e. The summed E-state index contributed by atoms with van der Waals surface area (Å²) in [6.07, 6.45) is 0.325. The Morgan fingerprint density at radius 2 is 1.78 bits per heavy atom.